The van der Waals surface area contributed by atoms with Gasteiger partial charge in [0.1, 0.15) is 29.9 Å². The van der Waals surface area contributed by atoms with E-state index in [-0.39, 0.29) is 51.5 Å². The maximum absolute atomic E-state index is 12.2. The van der Waals surface area contributed by atoms with Gasteiger partial charge in [-0.15, -0.1) is 0 Å². The zero-order chi connectivity index (χ0) is 35.4. The molecular weight excluding hydrogens is 688 g/mol. The van der Waals surface area contributed by atoms with E-state index in [0.717, 1.165) is 20.7 Å². The van der Waals surface area contributed by atoms with Crippen molar-refractivity contribution < 1.29 is 48.1 Å². The fourth-order valence-electron chi connectivity index (χ4n) is 4.23. The third kappa shape index (κ3) is 14.7. The number of esters is 1. The zero-order valence-corrected chi connectivity index (χ0v) is 29.2. The number of carboxylic acid groups (broad SMARTS) is 1. The number of halogens is 1. The number of hydrogen-bond acceptors (Lipinski definition) is 9. The fraction of sp³-hybridized carbons (Fsp3) is 0.486. The normalized spacial score (nSPS) is 17.1. The molecule has 2 atom stereocenters. The number of ketones is 2. The molecule has 2 amide bonds. The molecule has 0 spiro atoms. The number of carbonyl (C=O) groups is 6. The van der Waals surface area contributed by atoms with Crippen LogP contribution in [-0.2, 0) is 45.3 Å². The first-order valence-electron chi connectivity index (χ1n) is 15.0. The minimum atomic E-state index is -1.18. The van der Waals surface area contributed by atoms with Gasteiger partial charge < -0.3 is 19.3 Å². The Bertz CT molecular complexity index is 1390. The molecule has 0 saturated carbocycles. The number of nitrogens with zero attached hydrogens (tertiary/aromatic N) is 2. The van der Waals surface area contributed by atoms with Crippen molar-refractivity contribution in [1.82, 2.24) is 9.80 Å². The minimum Gasteiger partial charge on any atom is -0.480 e. The zero-order valence-electron chi connectivity index (χ0n) is 27.6. The fourth-order valence-corrected chi connectivity index (χ4v) is 4.60. The van der Waals surface area contributed by atoms with Crippen LogP contribution in [0.25, 0.3) is 0 Å². The number of alkyl halides is 1. The van der Waals surface area contributed by atoms with Crippen LogP contribution in [0.3, 0.4) is 0 Å². The summed E-state index contributed by atoms with van der Waals surface area (Å²) in [5, 5.41) is 9.80. The van der Waals surface area contributed by atoms with E-state index < -0.39 is 47.4 Å². The number of carboxylic acids is 1. The predicted molar refractivity (Wildman–Crippen MR) is 182 cm³/mol. The van der Waals surface area contributed by atoms with E-state index in [9.17, 15) is 28.8 Å². The van der Waals surface area contributed by atoms with Crippen LogP contribution < -0.4 is 0 Å². The van der Waals surface area contributed by atoms with Gasteiger partial charge in [0.25, 0.3) is 0 Å². The summed E-state index contributed by atoms with van der Waals surface area (Å²) in [5.41, 5.74) is 0.772. The van der Waals surface area contributed by atoms with E-state index in [2.05, 4.69) is 28.1 Å². The van der Waals surface area contributed by atoms with Gasteiger partial charge >= 0.3 is 24.1 Å². The monoisotopic (exact) mass is 734 g/mol. The van der Waals surface area contributed by atoms with E-state index >= 15 is 0 Å². The first kappa shape index (κ1) is 41.8. The maximum atomic E-state index is 12.2. The number of rotatable bonds is 5. The molecule has 2 aliphatic rings. The molecule has 0 aromatic heterocycles. The molecular formula is C35H47BrN2O10. The van der Waals surface area contributed by atoms with Gasteiger partial charge in [-0.2, -0.15) is 0 Å². The van der Waals surface area contributed by atoms with Crippen LogP contribution in [-0.4, -0.2) is 87.0 Å². The number of ether oxygens (including phenoxy) is 3. The average molecular weight is 736 g/mol. The maximum Gasteiger partial charge on any atom is 0.411 e. The van der Waals surface area contributed by atoms with Crippen molar-refractivity contribution >= 4 is 51.6 Å². The predicted octanol–water partition coefficient (Wildman–Crippen LogP) is 6.18. The lowest BCUT2D eigenvalue weighted by atomic mass is 10.2. The Labute approximate surface area is 290 Å². The highest BCUT2D eigenvalue weighted by atomic mass is 79.9. The molecule has 0 radical (unpaired) electrons. The van der Waals surface area contributed by atoms with Crippen LogP contribution in [0, 0.1) is 0 Å². The van der Waals surface area contributed by atoms with Crippen LogP contribution in [0.2, 0.25) is 0 Å². The van der Waals surface area contributed by atoms with Gasteiger partial charge in [0.05, 0.1) is 13.1 Å². The Balaban J connectivity index is 0.000000398. The highest BCUT2D eigenvalue weighted by Gasteiger charge is 2.42. The second kappa shape index (κ2) is 18.9. The molecule has 2 aromatic carbocycles. The third-order valence-electron chi connectivity index (χ3n) is 6.32. The Morgan fingerprint density at radius 3 is 1.50 bits per heavy atom. The van der Waals surface area contributed by atoms with E-state index in [1.54, 1.807) is 41.5 Å². The molecule has 12 nitrogen and oxygen atoms in total. The van der Waals surface area contributed by atoms with Crippen molar-refractivity contribution in [1.29, 1.82) is 0 Å². The van der Waals surface area contributed by atoms with Crippen molar-refractivity contribution in [2.45, 2.75) is 97.0 Å². The smallest absolute Gasteiger partial charge is 0.411 e. The summed E-state index contributed by atoms with van der Waals surface area (Å²) in [4.78, 5) is 71.7. The topological polar surface area (TPSA) is 157 Å². The first-order chi connectivity index (χ1) is 21.9. The number of hydrogen-bond donors (Lipinski definition) is 1. The van der Waals surface area contributed by atoms with Crippen molar-refractivity contribution in [3.63, 3.8) is 0 Å². The number of aliphatic carboxylic acids is 1. The van der Waals surface area contributed by atoms with Crippen LogP contribution in [0.4, 0.5) is 9.59 Å². The molecule has 1 N–H and O–H groups in total. The van der Waals surface area contributed by atoms with E-state index in [1.165, 1.54) is 5.56 Å². The van der Waals surface area contributed by atoms with E-state index in [0.29, 0.717) is 0 Å². The van der Waals surface area contributed by atoms with Gasteiger partial charge in [-0.1, -0.05) is 84.0 Å². The summed E-state index contributed by atoms with van der Waals surface area (Å²) >= 11 is 3.36. The molecule has 0 bridgehead atoms. The molecule has 48 heavy (non-hydrogen) atoms. The summed E-state index contributed by atoms with van der Waals surface area (Å²) in [6, 6.07) is 17.5. The summed E-state index contributed by atoms with van der Waals surface area (Å²) in [7, 11) is 0. The summed E-state index contributed by atoms with van der Waals surface area (Å²) in [6.45, 7) is 10.0. The molecule has 0 aliphatic carbocycles. The lowest BCUT2D eigenvalue weighted by molar-refractivity contribution is -0.150. The molecule has 2 fully saturated rings. The SMILES string of the molecule is BrCc1ccccc1.C.CC(C)(C)OC(=O)N1CC(=O)C[C@H]1C(=O)O.CC(C)(C)OC(=O)N1CC(=O)C[C@H]1C(=O)OCc1ccccc1. The molecule has 2 aliphatic heterocycles. The highest BCUT2D eigenvalue weighted by Crippen LogP contribution is 2.21. The van der Waals surface area contributed by atoms with Gasteiger partial charge in [-0.3, -0.25) is 19.4 Å². The molecule has 2 heterocycles. The molecule has 0 unspecified atom stereocenters. The number of benzene rings is 2. The molecule has 264 valence electrons. The number of carbonyl (C=O) groups excluding carboxylic acids is 5. The third-order valence-corrected chi connectivity index (χ3v) is 6.97. The van der Waals surface area contributed by atoms with Crippen molar-refractivity contribution in [3.05, 3.63) is 71.8 Å². The van der Waals surface area contributed by atoms with Crippen LogP contribution in [0.5, 0.6) is 0 Å². The molecule has 13 heteroatoms. The van der Waals surface area contributed by atoms with Gasteiger partial charge in [-0.05, 0) is 52.7 Å². The first-order valence-corrected chi connectivity index (χ1v) is 16.1. The summed E-state index contributed by atoms with van der Waals surface area (Å²) in [6.07, 6.45) is -1.61. The average Bonchev–Trinajstić information content (AvgIpc) is 3.59. The molecule has 2 aromatic rings. The standard InChI is InChI=1S/C17H21NO5.C10H15NO5.C7H7Br.CH4/c1-17(2,3)23-16(21)18-10-13(19)9-14(18)15(20)22-11-12-7-5-4-6-8-12;1-10(2,3)16-9(15)11-5-6(12)4-7(11)8(13)14;8-6-7-4-2-1-3-5-7;/h4-8,14H,9-11H2,1-3H3;7H,4-5H2,1-3H3,(H,13,14);1-5H,6H2;1H4/t14-;7-;;/m00../s1. The lowest BCUT2D eigenvalue weighted by Gasteiger charge is -2.27. The summed E-state index contributed by atoms with van der Waals surface area (Å²) in [5.74, 6) is -2.22. The quantitative estimate of drug-likeness (QED) is 0.214. The lowest BCUT2D eigenvalue weighted by Crippen LogP contribution is -2.44. The minimum absolute atomic E-state index is 0. The largest absolute Gasteiger partial charge is 0.480 e. The molecule has 4 rings (SSSR count). The number of amides is 2. The van der Waals surface area contributed by atoms with Gasteiger partial charge in [0.15, 0.2) is 11.6 Å². The highest BCUT2D eigenvalue weighted by molar-refractivity contribution is 9.08. The Morgan fingerprint density at radius 2 is 1.12 bits per heavy atom. The van der Waals surface area contributed by atoms with Gasteiger partial charge in [0.2, 0.25) is 0 Å². The number of Topliss-reactive ketones (excluding diaryl/α,β-unsaturated/α-hetero) is 2. The van der Waals surface area contributed by atoms with Crippen molar-refractivity contribution in [2.24, 2.45) is 0 Å². The van der Waals surface area contributed by atoms with E-state index in [4.69, 9.17) is 19.3 Å². The van der Waals surface area contributed by atoms with Gasteiger partial charge in [-0.25, -0.2) is 19.2 Å². The second-order valence-corrected chi connectivity index (χ2v) is 13.3. The van der Waals surface area contributed by atoms with E-state index in [1.807, 2.05) is 48.5 Å². The molecule has 2 saturated heterocycles. The second-order valence-electron chi connectivity index (χ2n) is 12.8. The number of likely N-dealkylation sites (tertiary alicyclic amines) is 2. The van der Waals surface area contributed by atoms with Crippen LogP contribution in [0.1, 0.15) is 72.9 Å². The van der Waals surface area contributed by atoms with Gasteiger partial charge in [0, 0.05) is 18.2 Å². The van der Waals surface area contributed by atoms with Crippen LogP contribution in [0.15, 0.2) is 60.7 Å². The van der Waals surface area contributed by atoms with Crippen LogP contribution >= 0.6 is 15.9 Å². The van der Waals surface area contributed by atoms with Crippen molar-refractivity contribution in [2.75, 3.05) is 13.1 Å². The summed E-state index contributed by atoms with van der Waals surface area (Å²) < 4.78 is 15.5. The Kier molecular flexibility index (Phi) is 16.5. The Morgan fingerprint density at radius 1 is 0.729 bits per heavy atom. The van der Waals surface area contributed by atoms with Crippen molar-refractivity contribution in [3.8, 4) is 0 Å². The Hall–Kier alpha value is -4.26.